The maximum Gasteiger partial charge on any atom is 0.274 e. The van der Waals surface area contributed by atoms with Crippen molar-refractivity contribution in [3.8, 4) is 0 Å². The van der Waals surface area contributed by atoms with Crippen LogP contribution in [0.15, 0.2) is 23.1 Å². The van der Waals surface area contributed by atoms with Gasteiger partial charge in [-0.3, -0.25) is 9.78 Å². The molecule has 0 spiro atoms. The number of pyridine rings is 2. The highest BCUT2D eigenvalue weighted by Crippen LogP contribution is 2.21. The van der Waals surface area contributed by atoms with Gasteiger partial charge in [-0.25, -0.2) is 9.37 Å². The van der Waals surface area contributed by atoms with Gasteiger partial charge in [0.25, 0.3) is 5.56 Å². The van der Waals surface area contributed by atoms with E-state index in [4.69, 9.17) is 0 Å². The second kappa shape index (κ2) is 7.50. The van der Waals surface area contributed by atoms with Crippen molar-refractivity contribution in [3.63, 3.8) is 0 Å². The highest BCUT2D eigenvalue weighted by Gasteiger charge is 2.17. The molecule has 0 amide bonds. The number of rotatable bonds is 6. The van der Waals surface area contributed by atoms with Crippen LogP contribution in [-0.4, -0.2) is 26.6 Å². The van der Waals surface area contributed by atoms with Crippen molar-refractivity contribution in [1.82, 2.24) is 19.5 Å². The number of aromatic amines is 1. The molecular formula is C20H26FN5O. The Bertz CT molecular complexity index is 1020. The molecule has 0 fully saturated rings. The molecule has 2 N–H and O–H groups in total. The second-order valence-electron chi connectivity index (χ2n) is 7.53. The lowest BCUT2D eigenvalue weighted by Crippen LogP contribution is -2.27. The summed E-state index contributed by atoms with van der Waals surface area (Å²) in [5, 5.41) is 2.92. The Kier molecular flexibility index (Phi) is 5.30. The van der Waals surface area contributed by atoms with Crippen LogP contribution in [0.2, 0.25) is 0 Å². The maximum absolute atomic E-state index is 14.2. The van der Waals surface area contributed by atoms with E-state index >= 15 is 0 Å². The van der Waals surface area contributed by atoms with Gasteiger partial charge in [-0.15, -0.1) is 0 Å². The molecule has 0 aliphatic heterocycles. The fourth-order valence-corrected chi connectivity index (χ4v) is 3.28. The molecule has 0 bridgehead atoms. The highest BCUT2D eigenvalue weighted by atomic mass is 19.1. The van der Waals surface area contributed by atoms with Gasteiger partial charge in [0.1, 0.15) is 17.0 Å². The summed E-state index contributed by atoms with van der Waals surface area (Å²) < 4.78 is 15.9. The standard InChI is InChI=1S/C20H26FN5O/c1-11(2)8-15-19-18(13(21)9-23-15)24-17(25-19)10-26-16(12(3)4)7-6-14(22-5)20(26)27/h6-7,9,11-12,22H,8,10H2,1-5H3,(H,24,25). The Morgan fingerprint density at radius 2 is 2.00 bits per heavy atom. The SMILES string of the molecule is CNc1ccc(C(C)C)n(Cc2nc3c(F)cnc(CC(C)C)c3[nH]2)c1=O. The van der Waals surface area contributed by atoms with Gasteiger partial charge in [-0.2, -0.15) is 0 Å². The van der Waals surface area contributed by atoms with E-state index in [-0.39, 0.29) is 23.5 Å². The number of anilines is 1. The molecule has 0 aliphatic carbocycles. The van der Waals surface area contributed by atoms with E-state index in [0.717, 1.165) is 17.8 Å². The molecule has 6 nitrogen and oxygen atoms in total. The molecule has 144 valence electrons. The third kappa shape index (κ3) is 3.72. The summed E-state index contributed by atoms with van der Waals surface area (Å²) in [5.74, 6) is 0.642. The van der Waals surface area contributed by atoms with E-state index in [1.165, 1.54) is 6.20 Å². The van der Waals surface area contributed by atoms with Gasteiger partial charge in [0.15, 0.2) is 5.82 Å². The fraction of sp³-hybridized carbons (Fsp3) is 0.450. The zero-order chi connectivity index (χ0) is 19.7. The number of fused-ring (bicyclic) bond motifs is 1. The van der Waals surface area contributed by atoms with Crippen molar-refractivity contribution in [2.24, 2.45) is 5.92 Å². The normalized spacial score (nSPS) is 11.7. The zero-order valence-corrected chi connectivity index (χ0v) is 16.4. The average molecular weight is 371 g/mol. The molecule has 0 saturated heterocycles. The predicted molar refractivity (Wildman–Crippen MR) is 106 cm³/mol. The fourth-order valence-electron chi connectivity index (χ4n) is 3.28. The van der Waals surface area contributed by atoms with Crippen molar-refractivity contribution in [3.05, 3.63) is 51.7 Å². The number of halogens is 1. The first kappa shape index (κ1) is 19.1. The first-order valence-corrected chi connectivity index (χ1v) is 9.25. The van der Waals surface area contributed by atoms with Gasteiger partial charge >= 0.3 is 0 Å². The van der Waals surface area contributed by atoms with Crippen LogP contribution in [0.25, 0.3) is 11.0 Å². The van der Waals surface area contributed by atoms with Gasteiger partial charge in [-0.1, -0.05) is 27.7 Å². The van der Waals surface area contributed by atoms with Crippen molar-refractivity contribution >= 4 is 16.7 Å². The van der Waals surface area contributed by atoms with Crippen molar-refractivity contribution in [2.75, 3.05) is 12.4 Å². The number of hydrogen-bond acceptors (Lipinski definition) is 4. The summed E-state index contributed by atoms with van der Waals surface area (Å²) in [7, 11) is 1.72. The summed E-state index contributed by atoms with van der Waals surface area (Å²) in [6.45, 7) is 8.50. The van der Waals surface area contributed by atoms with Gasteiger partial charge < -0.3 is 14.9 Å². The van der Waals surface area contributed by atoms with Gasteiger partial charge in [0, 0.05) is 12.7 Å². The van der Waals surface area contributed by atoms with Crippen LogP contribution in [0.4, 0.5) is 10.1 Å². The van der Waals surface area contributed by atoms with E-state index < -0.39 is 5.82 Å². The van der Waals surface area contributed by atoms with E-state index in [1.54, 1.807) is 17.7 Å². The number of hydrogen-bond donors (Lipinski definition) is 2. The smallest absolute Gasteiger partial charge is 0.274 e. The van der Waals surface area contributed by atoms with Crippen molar-refractivity contribution in [2.45, 2.75) is 46.6 Å². The third-order valence-corrected chi connectivity index (χ3v) is 4.58. The van der Waals surface area contributed by atoms with Crippen LogP contribution in [-0.2, 0) is 13.0 Å². The molecule has 3 rings (SSSR count). The Morgan fingerprint density at radius 1 is 1.26 bits per heavy atom. The van der Waals surface area contributed by atoms with Gasteiger partial charge in [-0.05, 0) is 30.4 Å². The summed E-state index contributed by atoms with van der Waals surface area (Å²) in [4.78, 5) is 24.6. The Morgan fingerprint density at radius 3 is 2.63 bits per heavy atom. The Hall–Kier alpha value is -2.70. The van der Waals surface area contributed by atoms with Crippen LogP contribution in [0.5, 0.6) is 0 Å². The van der Waals surface area contributed by atoms with Gasteiger partial charge in [0.05, 0.1) is 24.0 Å². The first-order chi connectivity index (χ1) is 12.8. The summed E-state index contributed by atoms with van der Waals surface area (Å²) in [6.07, 6.45) is 1.95. The predicted octanol–water partition coefficient (Wildman–Crippen LogP) is 3.67. The number of imidazole rings is 1. The minimum Gasteiger partial charge on any atom is -0.384 e. The zero-order valence-electron chi connectivity index (χ0n) is 16.4. The third-order valence-electron chi connectivity index (χ3n) is 4.58. The topological polar surface area (TPSA) is 75.6 Å². The molecule has 0 aliphatic rings. The van der Waals surface area contributed by atoms with Crippen LogP contribution in [0.1, 0.15) is 50.8 Å². The van der Waals surface area contributed by atoms with Gasteiger partial charge in [0.2, 0.25) is 0 Å². The van der Waals surface area contributed by atoms with Crippen LogP contribution < -0.4 is 10.9 Å². The van der Waals surface area contributed by atoms with E-state index in [1.807, 2.05) is 19.9 Å². The van der Waals surface area contributed by atoms with Crippen LogP contribution >= 0.6 is 0 Å². The minimum atomic E-state index is -0.458. The molecule has 0 saturated carbocycles. The number of nitrogens with one attached hydrogen (secondary N) is 2. The molecule has 0 unspecified atom stereocenters. The quantitative estimate of drug-likeness (QED) is 0.693. The lowest BCUT2D eigenvalue weighted by Gasteiger charge is -2.16. The second-order valence-corrected chi connectivity index (χ2v) is 7.53. The Labute approximate surface area is 157 Å². The molecule has 0 aromatic carbocycles. The number of nitrogens with zero attached hydrogens (tertiary/aromatic N) is 3. The van der Waals surface area contributed by atoms with Crippen molar-refractivity contribution in [1.29, 1.82) is 0 Å². The molecule has 0 atom stereocenters. The van der Waals surface area contributed by atoms with Crippen LogP contribution in [0, 0.1) is 11.7 Å². The lowest BCUT2D eigenvalue weighted by atomic mass is 10.1. The minimum absolute atomic E-state index is 0.120. The molecule has 0 radical (unpaired) electrons. The van der Waals surface area contributed by atoms with E-state index in [2.05, 4.69) is 34.1 Å². The summed E-state index contributed by atoms with van der Waals surface area (Å²) in [6, 6.07) is 3.73. The molecule has 27 heavy (non-hydrogen) atoms. The van der Waals surface area contributed by atoms with Crippen molar-refractivity contribution < 1.29 is 4.39 Å². The number of aromatic nitrogens is 4. The molecule has 7 heteroatoms. The summed E-state index contributed by atoms with van der Waals surface area (Å²) >= 11 is 0. The Balaban J connectivity index is 2.10. The highest BCUT2D eigenvalue weighted by molar-refractivity contribution is 5.77. The maximum atomic E-state index is 14.2. The largest absolute Gasteiger partial charge is 0.384 e. The molecule has 3 aromatic rings. The van der Waals surface area contributed by atoms with Crippen LogP contribution in [0.3, 0.4) is 0 Å². The molecular weight excluding hydrogens is 345 g/mol. The molecule has 3 aromatic heterocycles. The number of H-pyrrole nitrogens is 1. The lowest BCUT2D eigenvalue weighted by molar-refractivity contribution is 0.616. The van der Waals surface area contributed by atoms with E-state index in [0.29, 0.717) is 22.9 Å². The average Bonchev–Trinajstić information content (AvgIpc) is 3.03. The first-order valence-electron chi connectivity index (χ1n) is 9.25. The monoisotopic (exact) mass is 371 g/mol. The molecule has 3 heterocycles. The van der Waals surface area contributed by atoms with E-state index in [9.17, 15) is 9.18 Å². The summed E-state index contributed by atoms with van der Waals surface area (Å²) in [5.41, 5.74) is 2.98.